The lowest BCUT2D eigenvalue weighted by Crippen LogP contribution is -2.40. The van der Waals surface area contributed by atoms with Crippen molar-refractivity contribution in [2.75, 3.05) is 18.8 Å². The maximum absolute atomic E-state index is 12.6. The SMILES string of the molecule is O=C(CSc1ccncc1)N1CCCC(c2cc3ccccc3cn2)C1. The lowest BCUT2D eigenvalue weighted by atomic mass is 9.93. The number of amides is 1. The minimum atomic E-state index is 0.206. The molecule has 132 valence electrons. The van der Waals surface area contributed by atoms with E-state index in [0.29, 0.717) is 11.7 Å². The summed E-state index contributed by atoms with van der Waals surface area (Å²) in [7, 11) is 0. The summed E-state index contributed by atoms with van der Waals surface area (Å²) in [5.74, 6) is 1.00. The Kier molecular flexibility index (Phi) is 5.16. The molecule has 4 rings (SSSR count). The van der Waals surface area contributed by atoms with Crippen LogP contribution in [0.3, 0.4) is 0 Å². The van der Waals surface area contributed by atoms with Gasteiger partial charge in [-0.1, -0.05) is 24.3 Å². The Morgan fingerprint density at radius 2 is 1.96 bits per heavy atom. The first-order chi connectivity index (χ1) is 12.8. The maximum Gasteiger partial charge on any atom is 0.232 e. The zero-order chi connectivity index (χ0) is 17.8. The molecule has 2 aromatic heterocycles. The molecule has 3 heterocycles. The van der Waals surface area contributed by atoms with Gasteiger partial charge in [0, 0.05) is 53.6 Å². The Bertz CT molecular complexity index is 900. The largest absolute Gasteiger partial charge is 0.341 e. The van der Waals surface area contributed by atoms with Gasteiger partial charge in [0.25, 0.3) is 0 Å². The Balaban J connectivity index is 1.42. The standard InChI is InChI=1S/C21H21N3OS/c25-21(15-26-19-7-9-22-10-8-19)24-11-3-6-18(14-24)20-12-16-4-1-2-5-17(16)13-23-20/h1-2,4-5,7-10,12-13,18H,3,6,11,14-15H2. The molecule has 1 aromatic carbocycles. The number of fused-ring (bicyclic) bond motifs is 1. The molecule has 1 atom stereocenters. The van der Waals surface area contributed by atoms with E-state index in [2.05, 4.69) is 34.2 Å². The maximum atomic E-state index is 12.6. The highest BCUT2D eigenvalue weighted by Gasteiger charge is 2.25. The van der Waals surface area contributed by atoms with Crippen molar-refractivity contribution < 1.29 is 4.79 Å². The van der Waals surface area contributed by atoms with E-state index in [-0.39, 0.29) is 5.91 Å². The number of carbonyl (C=O) groups excluding carboxylic acids is 1. The number of pyridine rings is 2. The molecule has 0 saturated carbocycles. The second-order valence-electron chi connectivity index (χ2n) is 6.61. The molecule has 0 radical (unpaired) electrons. The average molecular weight is 363 g/mol. The van der Waals surface area contributed by atoms with Gasteiger partial charge in [-0.15, -0.1) is 11.8 Å². The molecule has 1 unspecified atom stereocenters. The second kappa shape index (κ2) is 7.87. The number of carbonyl (C=O) groups is 1. The summed E-state index contributed by atoms with van der Waals surface area (Å²) in [6.07, 6.45) is 7.59. The number of thioether (sulfide) groups is 1. The van der Waals surface area contributed by atoms with E-state index in [4.69, 9.17) is 0 Å². The third kappa shape index (κ3) is 3.88. The van der Waals surface area contributed by atoms with Crippen LogP contribution in [0, 0.1) is 0 Å². The molecule has 3 aromatic rings. The van der Waals surface area contributed by atoms with Crippen molar-refractivity contribution in [3.63, 3.8) is 0 Å². The second-order valence-corrected chi connectivity index (χ2v) is 7.66. The molecule has 0 spiro atoms. The van der Waals surface area contributed by atoms with Gasteiger partial charge in [-0.3, -0.25) is 14.8 Å². The lowest BCUT2D eigenvalue weighted by Gasteiger charge is -2.32. The molecule has 1 aliphatic rings. The predicted octanol–water partition coefficient (Wildman–Crippen LogP) is 4.13. The smallest absolute Gasteiger partial charge is 0.232 e. The van der Waals surface area contributed by atoms with Crippen molar-refractivity contribution in [1.82, 2.24) is 14.9 Å². The summed E-state index contributed by atoms with van der Waals surface area (Å²) < 4.78 is 0. The first kappa shape index (κ1) is 17.0. The number of hydrogen-bond acceptors (Lipinski definition) is 4. The van der Waals surface area contributed by atoms with Crippen LogP contribution in [0.5, 0.6) is 0 Å². The van der Waals surface area contributed by atoms with Crippen LogP contribution >= 0.6 is 11.8 Å². The topological polar surface area (TPSA) is 46.1 Å². The Morgan fingerprint density at radius 1 is 1.15 bits per heavy atom. The van der Waals surface area contributed by atoms with Crippen LogP contribution in [-0.2, 0) is 4.79 Å². The fourth-order valence-corrected chi connectivity index (χ4v) is 4.23. The van der Waals surface area contributed by atoms with Crippen LogP contribution in [0.2, 0.25) is 0 Å². The van der Waals surface area contributed by atoms with Gasteiger partial charge in [-0.25, -0.2) is 0 Å². The minimum Gasteiger partial charge on any atom is -0.341 e. The van der Waals surface area contributed by atoms with E-state index in [0.717, 1.165) is 41.9 Å². The predicted molar refractivity (Wildman–Crippen MR) is 105 cm³/mol. The van der Waals surface area contributed by atoms with Crippen molar-refractivity contribution in [2.45, 2.75) is 23.7 Å². The highest BCUT2D eigenvalue weighted by Crippen LogP contribution is 2.28. The number of piperidine rings is 1. The van der Waals surface area contributed by atoms with E-state index in [9.17, 15) is 4.79 Å². The number of benzene rings is 1. The zero-order valence-electron chi connectivity index (χ0n) is 14.5. The van der Waals surface area contributed by atoms with Gasteiger partial charge in [0.2, 0.25) is 5.91 Å². The highest BCUT2D eigenvalue weighted by atomic mass is 32.2. The first-order valence-corrected chi connectivity index (χ1v) is 9.93. The molecule has 0 aliphatic carbocycles. The molecular weight excluding hydrogens is 342 g/mol. The average Bonchev–Trinajstić information content (AvgIpc) is 2.72. The van der Waals surface area contributed by atoms with Crippen molar-refractivity contribution in [1.29, 1.82) is 0 Å². The number of aromatic nitrogens is 2. The van der Waals surface area contributed by atoms with Crippen LogP contribution in [0.25, 0.3) is 10.8 Å². The molecule has 5 heteroatoms. The molecule has 26 heavy (non-hydrogen) atoms. The van der Waals surface area contributed by atoms with Gasteiger partial charge in [0.05, 0.1) is 5.75 Å². The van der Waals surface area contributed by atoms with E-state index in [1.54, 1.807) is 24.2 Å². The van der Waals surface area contributed by atoms with Crippen LogP contribution < -0.4 is 0 Å². The molecule has 1 amide bonds. The van der Waals surface area contributed by atoms with E-state index in [1.807, 2.05) is 29.3 Å². The van der Waals surface area contributed by atoms with Gasteiger partial charge >= 0.3 is 0 Å². The summed E-state index contributed by atoms with van der Waals surface area (Å²) in [6, 6.07) is 14.4. The number of likely N-dealkylation sites (tertiary alicyclic amines) is 1. The van der Waals surface area contributed by atoms with Crippen molar-refractivity contribution in [3.05, 3.63) is 66.7 Å². The van der Waals surface area contributed by atoms with Crippen molar-refractivity contribution in [2.24, 2.45) is 0 Å². The Labute approximate surface area is 157 Å². The van der Waals surface area contributed by atoms with E-state index >= 15 is 0 Å². The summed E-state index contributed by atoms with van der Waals surface area (Å²) in [4.78, 5) is 24.4. The van der Waals surface area contributed by atoms with Crippen LogP contribution in [0.15, 0.2) is 66.0 Å². The Morgan fingerprint density at radius 3 is 2.81 bits per heavy atom. The van der Waals surface area contributed by atoms with E-state index in [1.165, 1.54) is 5.39 Å². The van der Waals surface area contributed by atoms with Crippen LogP contribution in [0.1, 0.15) is 24.5 Å². The third-order valence-corrected chi connectivity index (χ3v) is 5.85. The van der Waals surface area contributed by atoms with Crippen molar-refractivity contribution in [3.8, 4) is 0 Å². The van der Waals surface area contributed by atoms with Crippen LogP contribution in [0.4, 0.5) is 0 Å². The fourth-order valence-electron chi connectivity index (χ4n) is 3.44. The summed E-state index contributed by atoms with van der Waals surface area (Å²) in [5, 5.41) is 2.38. The summed E-state index contributed by atoms with van der Waals surface area (Å²) in [6.45, 7) is 1.61. The number of hydrogen-bond donors (Lipinski definition) is 0. The molecular formula is C21H21N3OS. The molecule has 0 bridgehead atoms. The summed E-state index contributed by atoms with van der Waals surface area (Å²) >= 11 is 1.57. The lowest BCUT2D eigenvalue weighted by molar-refractivity contribution is -0.129. The fraction of sp³-hybridized carbons (Fsp3) is 0.286. The molecule has 1 aliphatic heterocycles. The van der Waals surface area contributed by atoms with Crippen molar-refractivity contribution >= 4 is 28.4 Å². The van der Waals surface area contributed by atoms with Gasteiger partial charge in [0.15, 0.2) is 0 Å². The normalized spacial score (nSPS) is 17.4. The van der Waals surface area contributed by atoms with E-state index < -0.39 is 0 Å². The Hall–Kier alpha value is -2.40. The van der Waals surface area contributed by atoms with Crippen LogP contribution in [-0.4, -0.2) is 39.6 Å². The number of rotatable bonds is 4. The molecule has 1 saturated heterocycles. The molecule has 1 fully saturated rings. The third-order valence-electron chi connectivity index (χ3n) is 4.86. The van der Waals surface area contributed by atoms with Gasteiger partial charge < -0.3 is 4.90 Å². The van der Waals surface area contributed by atoms with Gasteiger partial charge in [0.1, 0.15) is 0 Å². The van der Waals surface area contributed by atoms with Gasteiger partial charge in [-0.2, -0.15) is 0 Å². The first-order valence-electron chi connectivity index (χ1n) is 8.95. The zero-order valence-corrected chi connectivity index (χ0v) is 15.4. The minimum absolute atomic E-state index is 0.206. The highest BCUT2D eigenvalue weighted by molar-refractivity contribution is 8.00. The molecule has 0 N–H and O–H groups in total. The monoisotopic (exact) mass is 363 g/mol. The number of nitrogens with zero attached hydrogens (tertiary/aromatic N) is 3. The quantitative estimate of drug-likeness (QED) is 0.654. The summed E-state index contributed by atoms with van der Waals surface area (Å²) in [5.41, 5.74) is 1.10. The van der Waals surface area contributed by atoms with Gasteiger partial charge in [-0.05, 0) is 36.4 Å². The molecule has 4 nitrogen and oxygen atoms in total.